The SMILES string of the molecule is CCCCCCCCCCCCCCCCC(=O)O[C@H](COC(=O)CCCCCCCCCC)COP(=O)(O)OC[C@H](O)COP(=O)(O)OC[C@@H](COC(=O)CCCCCCCCCCCCCCCCC(C)CC)OC(=O)CCCCCCCCCCCCCCCCCCCCC(C)C. The molecule has 6 atom stereocenters. The summed E-state index contributed by atoms with van der Waals surface area (Å²) >= 11 is 0. The number of phosphoric acid groups is 2. The van der Waals surface area contributed by atoms with E-state index in [2.05, 4.69) is 41.5 Å². The van der Waals surface area contributed by atoms with Crippen LogP contribution in [0.3, 0.4) is 0 Å². The summed E-state index contributed by atoms with van der Waals surface area (Å²) in [5, 5.41) is 10.6. The molecule has 0 aromatic heterocycles. The molecule has 0 aliphatic heterocycles. The number of carbonyl (C=O) groups excluding carboxylic acids is 4. The highest BCUT2D eigenvalue weighted by molar-refractivity contribution is 7.47. The number of hydrogen-bond acceptors (Lipinski definition) is 15. The predicted molar refractivity (Wildman–Crippen MR) is 414 cm³/mol. The molecule has 0 saturated carbocycles. The molecule has 0 aliphatic rings. The summed E-state index contributed by atoms with van der Waals surface area (Å²) < 4.78 is 68.7. The van der Waals surface area contributed by atoms with Crippen molar-refractivity contribution in [2.75, 3.05) is 39.6 Å². The monoisotopic (exact) mass is 1480 g/mol. The van der Waals surface area contributed by atoms with Crippen LogP contribution < -0.4 is 0 Å². The van der Waals surface area contributed by atoms with Crippen molar-refractivity contribution in [1.29, 1.82) is 0 Å². The minimum absolute atomic E-state index is 0.108. The van der Waals surface area contributed by atoms with Gasteiger partial charge in [-0.3, -0.25) is 37.3 Å². The van der Waals surface area contributed by atoms with Gasteiger partial charge in [0, 0.05) is 25.7 Å². The first-order valence-electron chi connectivity index (χ1n) is 42.5. The number of aliphatic hydroxyl groups excluding tert-OH is 1. The third kappa shape index (κ3) is 74.7. The van der Waals surface area contributed by atoms with Gasteiger partial charge in [-0.1, -0.05) is 382 Å². The molecule has 0 saturated heterocycles. The lowest BCUT2D eigenvalue weighted by atomic mass is 9.99. The van der Waals surface area contributed by atoms with Crippen LogP contribution in [0.1, 0.15) is 433 Å². The molecular formula is C82H160O17P2. The lowest BCUT2D eigenvalue weighted by molar-refractivity contribution is -0.161. The number of rotatable bonds is 81. The van der Waals surface area contributed by atoms with E-state index in [1.165, 1.54) is 244 Å². The van der Waals surface area contributed by atoms with E-state index in [0.717, 1.165) is 108 Å². The summed E-state index contributed by atoms with van der Waals surface area (Å²) in [6.45, 7) is 9.71. The van der Waals surface area contributed by atoms with E-state index in [0.29, 0.717) is 25.7 Å². The Morgan fingerprint density at radius 3 is 0.752 bits per heavy atom. The molecule has 0 rings (SSSR count). The van der Waals surface area contributed by atoms with Gasteiger partial charge in [0.25, 0.3) is 0 Å². The Bertz CT molecular complexity index is 1940. The molecular weight excluding hydrogens is 1320 g/mol. The molecule has 0 bridgehead atoms. The van der Waals surface area contributed by atoms with Crippen LogP contribution in [0.15, 0.2) is 0 Å². The van der Waals surface area contributed by atoms with E-state index in [4.69, 9.17) is 37.0 Å². The van der Waals surface area contributed by atoms with Gasteiger partial charge < -0.3 is 33.8 Å². The molecule has 0 aromatic rings. The third-order valence-electron chi connectivity index (χ3n) is 19.6. The molecule has 17 nitrogen and oxygen atoms in total. The minimum Gasteiger partial charge on any atom is -0.462 e. The number of aliphatic hydroxyl groups is 1. The van der Waals surface area contributed by atoms with Crippen LogP contribution in [0, 0.1) is 11.8 Å². The molecule has 0 fully saturated rings. The lowest BCUT2D eigenvalue weighted by Gasteiger charge is -2.21. The number of ether oxygens (including phenoxy) is 4. The van der Waals surface area contributed by atoms with Gasteiger partial charge in [0.1, 0.15) is 19.3 Å². The first-order valence-corrected chi connectivity index (χ1v) is 45.5. The Balaban J connectivity index is 5.19. The Labute approximate surface area is 619 Å². The van der Waals surface area contributed by atoms with E-state index >= 15 is 0 Å². The summed E-state index contributed by atoms with van der Waals surface area (Å²) in [7, 11) is -9.92. The molecule has 19 heteroatoms. The van der Waals surface area contributed by atoms with Crippen molar-refractivity contribution in [1.82, 2.24) is 0 Å². The minimum atomic E-state index is -4.96. The Hall–Kier alpha value is -1.94. The molecule has 600 valence electrons. The quantitative estimate of drug-likeness (QED) is 0.0222. The second kappa shape index (κ2) is 73.6. The lowest BCUT2D eigenvalue weighted by Crippen LogP contribution is -2.30. The largest absolute Gasteiger partial charge is 0.472 e. The highest BCUT2D eigenvalue weighted by atomic mass is 31.2. The Morgan fingerprint density at radius 1 is 0.287 bits per heavy atom. The number of carbonyl (C=O) groups is 4. The Kier molecular flexibility index (Phi) is 72.2. The summed E-state index contributed by atoms with van der Waals surface area (Å²) in [5.74, 6) is -0.438. The molecule has 101 heavy (non-hydrogen) atoms. The smallest absolute Gasteiger partial charge is 0.462 e. The number of hydrogen-bond donors (Lipinski definition) is 3. The number of esters is 4. The van der Waals surface area contributed by atoms with E-state index < -0.39 is 97.5 Å². The van der Waals surface area contributed by atoms with Gasteiger partial charge in [-0.05, 0) is 37.5 Å². The summed E-state index contributed by atoms with van der Waals surface area (Å²) in [6.07, 6.45) is 63.8. The maximum Gasteiger partial charge on any atom is 0.472 e. The van der Waals surface area contributed by atoms with Crippen LogP contribution in [0.4, 0.5) is 0 Å². The molecule has 0 amide bonds. The third-order valence-corrected chi connectivity index (χ3v) is 21.5. The molecule has 0 aromatic carbocycles. The van der Waals surface area contributed by atoms with Crippen molar-refractivity contribution < 1.29 is 80.2 Å². The van der Waals surface area contributed by atoms with Crippen molar-refractivity contribution >= 4 is 39.5 Å². The van der Waals surface area contributed by atoms with Gasteiger partial charge in [-0.25, -0.2) is 9.13 Å². The molecule has 0 aliphatic carbocycles. The zero-order valence-electron chi connectivity index (χ0n) is 66.2. The van der Waals surface area contributed by atoms with Crippen molar-refractivity contribution in [3.63, 3.8) is 0 Å². The topological polar surface area (TPSA) is 237 Å². The zero-order chi connectivity index (χ0) is 74.2. The molecule has 3 N–H and O–H groups in total. The van der Waals surface area contributed by atoms with Crippen LogP contribution in [0.25, 0.3) is 0 Å². The van der Waals surface area contributed by atoms with Crippen LogP contribution in [-0.4, -0.2) is 96.7 Å². The summed E-state index contributed by atoms with van der Waals surface area (Å²) in [4.78, 5) is 73.0. The fourth-order valence-electron chi connectivity index (χ4n) is 12.7. The van der Waals surface area contributed by atoms with Gasteiger partial charge in [-0.15, -0.1) is 0 Å². The second-order valence-electron chi connectivity index (χ2n) is 30.2. The highest BCUT2D eigenvalue weighted by Crippen LogP contribution is 2.45. The molecule has 0 heterocycles. The zero-order valence-corrected chi connectivity index (χ0v) is 68.0. The molecule has 3 unspecified atom stereocenters. The normalized spacial score (nSPS) is 14.2. The fourth-order valence-corrected chi connectivity index (χ4v) is 14.3. The van der Waals surface area contributed by atoms with Crippen molar-refractivity contribution in [3.05, 3.63) is 0 Å². The van der Waals surface area contributed by atoms with Crippen LogP contribution in [0.2, 0.25) is 0 Å². The van der Waals surface area contributed by atoms with E-state index in [9.17, 15) is 43.2 Å². The van der Waals surface area contributed by atoms with Gasteiger partial charge in [0.15, 0.2) is 12.2 Å². The number of phosphoric ester groups is 2. The van der Waals surface area contributed by atoms with Crippen molar-refractivity contribution in [3.8, 4) is 0 Å². The second-order valence-corrected chi connectivity index (χ2v) is 33.1. The average Bonchev–Trinajstić information content (AvgIpc) is 0.931. The predicted octanol–water partition coefficient (Wildman–Crippen LogP) is 24.7. The van der Waals surface area contributed by atoms with Crippen LogP contribution >= 0.6 is 15.6 Å². The van der Waals surface area contributed by atoms with Gasteiger partial charge in [-0.2, -0.15) is 0 Å². The average molecular weight is 1480 g/mol. The van der Waals surface area contributed by atoms with Gasteiger partial charge in [0.2, 0.25) is 0 Å². The van der Waals surface area contributed by atoms with Gasteiger partial charge in [0.05, 0.1) is 26.4 Å². The summed E-state index contributed by atoms with van der Waals surface area (Å²) in [5.41, 5.74) is 0. The molecule has 0 spiro atoms. The van der Waals surface area contributed by atoms with E-state index in [1.54, 1.807) is 0 Å². The van der Waals surface area contributed by atoms with Crippen molar-refractivity contribution in [2.24, 2.45) is 11.8 Å². The van der Waals surface area contributed by atoms with Gasteiger partial charge >= 0.3 is 39.5 Å². The highest BCUT2D eigenvalue weighted by Gasteiger charge is 2.30. The van der Waals surface area contributed by atoms with Crippen LogP contribution in [0.5, 0.6) is 0 Å². The maximum absolute atomic E-state index is 13.1. The maximum atomic E-state index is 13.1. The fraction of sp³-hybridized carbons (Fsp3) is 0.951. The van der Waals surface area contributed by atoms with Crippen molar-refractivity contribution in [2.45, 2.75) is 452 Å². The first kappa shape index (κ1) is 99.1. The standard InChI is InChI=1S/C82H160O17P2/c1-7-10-12-14-16-18-19-20-31-37-42-48-54-60-66-81(86)98-77(70-92-79(84)64-58-52-46-17-15-13-11-8-2)72-96-100(88,89)94-68-76(83)69-95-101(90,91)97-73-78(71-93-80(85)65-59-53-47-41-36-32-28-27-30-35-40-45-51-57-63-75(6)9-3)99-82(87)67-61-55-49-43-38-33-26-24-22-21-23-25-29-34-39-44-50-56-62-74(4)5/h74-78,83H,7-73H2,1-6H3,(H,88,89)(H,90,91)/t75?,76-,77+,78+/m0/s1. The molecule has 0 radical (unpaired) electrons. The van der Waals surface area contributed by atoms with E-state index in [1.807, 2.05) is 0 Å². The van der Waals surface area contributed by atoms with E-state index in [-0.39, 0.29) is 25.7 Å². The van der Waals surface area contributed by atoms with Crippen LogP contribution in [-0.2, 0) is 65.4 Å². The summed E-state index contributed by atoms with van der Waals surface area (Å²) in [6, 6.07) is 0. The number of unbranched alkanes of at least 4 members (excludes halogenated alkanes) is 50. The first-order chi connectivity index (χ1) is 48.9. The Morgan fingerprint density at radius 2 is 0.505 bits per heavy atom.